The van der Waals surface area contributed by atoms with E-state index in [1.54, 1.807) is 31.3 Å². The molecule has 1 atom stereocenters. The van der Waals surface area contributed by atoms with Gasteiger partial charge in [-0.15, -0.1) is 0 Å². The zero-order chi connectivity index (χ0) is 21.3. The van der Waals surface area contributed by atoms with Gasteiger partial charge in [-0.1, -0.05) is 12.1 Å². The van der Waals surface area contributed by atoms with Crippen molar-refractivity contribution in [1.82, 2.24) is 15.6 Å². The summed E-state index contributed by atoms with van der Waals surface area (Å²) in [5, 5.41) is 6.67. The number of aliphatic imine (C=N–C) groups is 1. The summed E-state index contributed by atoms with van der Waals surface area (Å²) in [6, 6.07) is 10.4. The molecule has 1 aromatic carbocycles. The Hall–Kier alpha value is -3.16. The lowest BCUT2D eigenvalue weighted by Gasteiger charge is -2.20. The molecule has 3 rings (SSSR count). The number of carbonyl (C=O) groups excluding carboxylic acids is 1. The minimum Gasteiger partial charge on any atom is -0.462 e. The van der Waals surface area contributed by atoms with Crippen molar-refractivity contribution in [1.29, 1.82) is 0 Å². The van der Waals surface area contributed by atoms with Gasteiger partial charge in [0.05, 0.1) is 18.7 Å². The molecule has 7 nitrogen and oxygen atoms in total. The first-order valence-electron chi connectivity index (χ1n) is 10.3. The molecule has 2 aromatic rings. The van der Waals surface area contributed by atoms with Crippen LogP contribution in [0.3, 0.4) is 0 Å². The van der Waals surface area contributed by atoms with Crippen molar-refractivity contribution in [2.75, 3.05) is 31.1 Å². The highest BCUT2D eigenvalue weighted by atomic mass is 19.1. The third-order valence-electron chi connectivity index (χ3n) is 4.80. The maximum atomic E-state index is 14.0. The lowest BCUT2D eigenvalue weighted by molar-refractivity contribution is 0.0526. The van der Waals surface area contributed by atoms with Crippen LogP contribution >= 0.6 is 0 Å². The molecule has 2 N–H and O–H groups in total. The standard InChI is InChI=1S/C22H28FN5O2/c1-3-24-22(26-14-16-7-9-17(10-8-16)21(29)30-4-2)27-18-11-13-28(15-18)20-19(23)6-5-12-25-20/h5-10,12,18H,3-4,11,13-15H2,1-2H3,(H2,24,26,27). The lowest BCUT2D eigenvalue weighted by atomic mass is 10.1. The third-order valence-corrected chi connectivity index (χ3v) is 4.80. The van der Waals surface area contributed by atoms with E-state index in [0.29, 0.717) is 37.0 Å². The van der Waals surface area contributed by atoms with Gasteiger partial charge in [-0.05, 0) is 50.1 Å². The zero-order valence-electron chi connectivity index (χ0n) is 17.4. The number of hydrogen-bond donors (Lipinski definition) is 2. The molecule has 0 spiro atoms. The number of hydrogen-bond acceptors (Lipinski definition) is 5. The summed E-state index contributed by atoms with van der Waals surface area (Å²) in [7, 11) is 0. The van der Waals surface area contributed by atoms with Crippen LogP contribution in [0.4, 0.5) is 10.2 Å². The first kappa shape index (κ1) is 21.5. The van der Waals surface area contributed by atoms with E-state index in [4.69, 9.17) is 4.74 Å². The van der Waals surface area contributed by atoms with Crippen molar-refractivity contribution >= 4 is 17.7 Å². The van der Waals surface area contributed by atoms with Gasteiger partial charge < -0.3 is 20.3 Å². The van der Waals surface area contributed by atoms with Crippen LogP contribution in [-0.2, 0) is 11.3 Å². The number of esters is 1. The topological polar surface area (TPSA) is 78.8 Å². The Morgan fingerprint density at radius 1 is 1.30 bits per heavy atom. The molecule has 0 radical (unpaired) electrons. The summed E-state index contributed by atoms with van der Waals surface area (Å²) in [5.41, 5.74) is 1.52. The molecular weight excluding hydrogens is 385 g/mol. The lowest BCUT2D eigenvalue weighted by Crippen LogP contribution is -2.44. The number of halogens is 1. The van der Waals surface area contributed by atoms with Gasteiger partial charge in [0.2, 0.25) is 0 Å². The number of guanidine groups is 1. The number of nitrogens with zero attached hydrogens (tertiary/aromatic N) is 3. The molecule has 0 amide bonds. The first-order chi connectivity index (χ1) is 14.6. The fourth-order valence-corrected chi connectivity index (χ4v) is 3.32. The second kappa shape index (κ2) is 10.6. The van der Waals surface area contributed by atoms with Gasteiger partial charge in [-0.3, -0.25) is 0 Å². The summed E-state index contributed by atoms with van der Waals surface area (Å²) in [6.07, 6.45) is 2.48. The largest absolute Gasteiger partial charge is 0.462 e. The SMILES string of the molecule is CCNC(=NCc1ccc(C(=O)OCC)cc1)NC1CCN(c2ncccc2F)C1. The molecule has 1 aliphatic heterocycles. The Kier molecular flexibility index (Phi) is 7.59. The summed E-state index contributed by atoms with van der Waals surface area (Å²) in [6.45, 7) is 6.76. The van der Waals surface area contributed by atoms with Gasteiger partial charge in [0.25, 0.3) is 0 Å². The second-order valence-electron chi connectivity index (χ2n) is 7.00. The predicted octanol–water partition coefficient (Wildman–Crippen LogP) is 2.73. The fourth-order valence-electron chi connectivity index (χ4n) is 3.32. The Morgan fingerprint density at radius 2 is 2.10 bits per heavy atom. The molecule has 1 saturated heterocycles. The normalized spacial score (nSPS) is 16.4. The van der Waals surface area contributed by atoms with Crippen molar-refractivity contribution in [3.05, 3.63) is 59.5 Å². The first-order valence-corrected chi connectivity index (χ1v) is 10.3. The van der Waals surface area contributed by atoms with E-state index in [1.807, 2.05) is 24.0 Å². The average Bonchev–Trinajstić information content (AvgIpc) is 3.21. The van der Waals surface area contributed by atoms with Gasteiger partial charge in [-0.2, -0.15) is 0 Å². The Labute approximate surface area is 176 Å². The Morgan fingerprint density at radius 3 is 2.80 bits per heavy atom. The summed E-state index contributed by atoms with van der Waals surface area (Å²) < 4.78 is 19.0. The number of anilines is 1. The number of rotatable bonds is 7. The van der Waals surface area contributed by atoms with E-state index in [2.05, 4.69) is 20.6 Å². The highest BCUT2D eigenvalue weighted by Gasteiger charge is 2.25. The van der Waals surface area contributed by atoms with Gasteiger partial charge in [0, 0.05) is 31.9 Å². The minimum absolute atomic E-state index is 0.149. The van der Waals surface area contributed by atoms with Crippen LogP contribution in [0.25, 0.3) is 0 Å². The molecule has 1 unspecified atom stereocenters. The number of aromatic nitrogens is 1. The van der Waals surface area contributed by atoms with Crippen molar-refractivity contribution in [2.24, 2.45) is 4.99 Å². The maximum absolute atomic E-state index is 14.0. The average molecular weight is 413 g/mol. The monoisotopic (exact) mass is 413 g/mol. The number of pyridine rings is 1. The maximum Gasteiger partial charge on any atom is 0.338 e. The van der Waals surface area contributed by atoms with E-state index >= 15 is 0 Å². The van der Waals surface area contributed by atoms with Crippen LogP contribution in [0.2, 0.25) is 0 Å². The van der Waals surface area contributed by atoms with E-state index in [0.717, 1.165) is 25.1 Å². The third kappa shape index (κ3) is 5.68. The molecule has 1 aromatic heterocycles. The van der Waals surface area contributed by atoms with Crippen molar-refractivity contribution < 1.29 is 13.9 Å². The molecule has 0 aliphatic carbocycles. The van der Waals surface area contributed by atoms with Crippen molar-refractivity contribution in [3.63, 3.8) is 0 Å². The van der Waals surface area contributed by atoms with Crippen LogP contribution < -0.4 is 15.5 Å². The van der Waals surface area contributed by atoms with E-state index in [9.17, 15) is 9.18 Å². The van der Waals surface area contributed by atoms with Gasteiger partial charge in [0.1, 0.15) is 0 Å². The minimum atomic E-state index is -0.322. The molecule has 0 bridgehead atoms. The van der Waals surface area contributed by atoms with Crippen molar-refractivity contribution in [2.45, 2.75) is 32.9 Å². The van der Waals surface area contributed by atoms with E-state index in [1.165, 1.54) is 6.07 Å². The van der Waals surface area contributed by atoms with Crippen LogP contribution in [0, 0.1) is 5.82 Å². The smallest absolute Gasteiger partial charge is 0.338 e. The fraction of sp³-hybridized carbons (Fsp3) is 0.409. The van der Waals surface area contributed by atoms with Gasteiger partial charge >= 0.3 is 5.97 Å². The quantitative estimate of drug-likeness (QED) is 0.413. The number of nitrogens with one attached hydrogen (secondary N) is 2. The van der Waals surface area contributed by atoms with Crippen LogP contribution in [0.5, 0.6) is 0 Å². The number of ether oxygens (including phenoxy) is 1. The molecule has 1 fully saturated rings. The van der Waals surface area contributed by atoms with Crippen LogP contribution in [0.15, 0.2) is 47.6 Å². The van der Waals surface area contributed by atoms with E-state index < -0.39 is 0 Å². The summed E-state index contributed by atoms with van der Waals surface area (Å²) >= 11 is 0. The van der Waals surface area contributed by atoms with E-state index in [-0.39, 0.29) is 17.8 Å². The molecule has 1 aliphatic rings. The van der Waals surface area contributed by atoms with Crippen LogP contribution in [-0.4, -0.2) is 49.2 Å². The summed E-state index contributed by atoms with van der Waals surface area (Å²) in [4.78, 5) is 22.5. The Balaban J connectivity index is 1.58. The predicted molar refractivity (Wildman–Crippen MR) is 115 cm³/mol. The molecule has 8 heteroatoms. The number of carbonyl (C=O) groups is 1. The highest BCUT2D eigenvalue weighted by Crippen LogP contribution is 2.20. The zero-order valence-corrected chi connectivity index (χ0v) is 17.4. The van der Waals surface area contributed by atoms with Gasteiger partial charge in [-0.25, -0.2) is 19.2 Å². The molecule has 2 heterocycles. The summed E-state index contributed by atoms with van der Waals surface area (Å²) in [5.74, 6) is 0.480. The van der Waals surface area contributed by atoms with Crippen LogP contribution in [0.1, 0.15) is 36.2 Å². The van der Waals surface area contributed by atoms with Gasteiger partial charge in [0.15, 0.2) is 17.6 Å². The second-order valence-corrected chi connectivity index (χ2v) is 7.00. The molecule has 30 heavy (non-hydrogen) atoms. The molecular formula is C22H28FN5O2. The highest BCUT2D eigenvalue weighted by molar-refractivity contribution is 5.89. The Bertz CT molecular complexity index is 872. The molecule has 160 valence electrons. The van der Waals surface area contributed by atoms with Crippen molar-refractivity contribution in [3.8, 4) is 0 Å². The number of benzene rings is 1. The molecule has 0 saturated carbocycles.